The first-order valence-corrected chi connectivity index (χ1v) is 12.7. The highest BCUT2D eigenvalue weighted by molar-refractivity contribution is 7.78. The summed E-state index contributed by atoms with van der Waals surface area (Å²) in [7, 11) is 0. The van der Waals surface area contributed by atoms with E-state index in [1.807, 2.05) is 31.6 Å². The van der Waals surface area contributed by atoms with Crippen LogP contribution < -0.4 is 9.62 Å². The van der Waals surface area contributed by atoms with Crippen LogP contribution >= 0.6 is 0 Å². The van der Waals surface area contributed by atoms with E-state index in [1.54, 1.807) is 12.1 Å². The van der Waals surface area contributed by atoms with Crippen molar-refractivity contribution >= 4 is 27.9 Å². The first kappa shape index (κ1) is 22.5. The van der Waals surface area contributed by atoms with Crippen LogP contribution in [0, 0.1) is 11.7 Å². The SMILES string of the molecule is CC(C)(C)OS(=O)NC1CCN(c2ccc3c(cnn3-c3ccc(F)cc3)c2)[C@@H]1CC1CC1. The second kappa shape index (κ2) is 8.81. The lowest BCUT2D eigenvalue weighted by atomic mass is 10.0. The second-order valence-corrected chi connectivity index (χ2v) is 11.0. The summed E-state index contributed by atoms with van der Waals surface area (Å²) in [4.78, 5) is 2.44. The zero-order valence-corrected chi connectivity index (χ0v) is 20.1. The molecule has 2 aliphatic rings. The van der Waals surface area contributed by atoms with Crippen molar-refractivity contribution in [3.05, 3.63) is 54.5 Å². The molecular formula is C25H31FN4O2S. The van der Waals surface area contributed by atoms with Crippen LogP contribution in [0.2, 0.25) is 0 Å². The molecule has 0 spiro atoms. The van der Waals surface area contributed by atoms with Crippen LogP contribution in [0.5, 0.6) is 0 Å². The first-order chi connectivity index (χ1) is 15.8. The third kappa shape index (κ3) is 5.13. The predicted octanol–water partition coefficient (Wildman–Crippen LogP) is 4.90. The van der Waals surface area contributed by atoms with E-state index in [1.165, 1.54) is 25.0 Å². The van der Waals surface area contributed by atoms with Crippen LogP contribution in [-0.2, 0) is 15.4 Å². The van der Waals surface area contributed by atoms with Gasteiger partial charge in [0.2, 0.25) is 11.3 Å². The molecule has 33 heavy (non-hydrogen) atoms. The standard InChI is InChI=1S/C25H31FN4O2S/c1-25(2,3)32-33(31)28-22-12-13-29(24(22)14-17-4-5-17)21-10-11-23-18(15-21)16-27-30(23)20-8-6-19(26)7-9-20/h6-11,15-17,22,24,28H,4-5,12-14H2,1-3H3/t22?,24-,33?/m1/s1. The fourth-order valence-electron chi connectivity index (χ4n) is 4.66. The summed E-state index contributed by atoms with van der Waals surface area (Å²) in [5.41, 5.74) is 2.51. The smallest absolute Gasteiger partial charge is 0.235 e. The van der Waals surface area contributed by atoms with Gasteiger partial charge >= 0.3 is 0 Å². The third-order valence-corrected chi connectivity index (χ3v) is 7.49. The molecule has 1 aliphatic heterocycles. The summed E-state index contributed by atoms with van der Waals surface area (Å²) in [5, 5.41) is 5.58. The van der Waals surface area contributed by atoms with Gasteiger partial charge in [0.05, 0.1) is 23.0 Å². The van der Waals surface area contributed by atoms with Crippen molar-refractivity contribution in [3.63, 3.8) is 0 Å². The van der Waals surface area contributed by atoms with E-state index in [0.717, 1.165) is 47.6 Å². The van der Waals surface area contributed by atoms with Gasteiger partial charge in [-0.15, -0.1) is 0 Å². The molecule has 0 amide bonds. The van der Waals surface area contributed by atoms with Gasteiger partial charge in [-0.25, -0.2) is 18.0 Å². The van der Waals surface area contributed by atoms with E-state index >= 15 is 0 Å². The number of halogens is 1. The van der Waals surface area contributed by atoms with Crippen LogP contribution in [0.15, 0.2) is 48.7 Å². The van der Waals surface area contributed by atoms with E-state index in [4.69, 9.17) is 4.18 Å². The Labute approximate surface area is 196 Å². The summed E-state index contributed by atoms with van der Waals surface area (Å²) in [6.45, 7) is 6.64. The molecule has 0 radical (unpaired) electrons. The largest absolute Gasteiger partial charge is 0.367 e. The number of nitrogens with one attached hydrogen (secondary N) is 1. The van der Waals surface area contributed by atoms with Crippen molar-refractivity contribution in [2.24, 2.45) is 5.92 Å². The average Bonchev–Trinajstić information content (AvgIpc) is 3.34. The van der Waals surface area contributed by atoms with Gasteiger partial charge in [0.1, 0.15) is 5.82 Å². The molecule has 5 rings (SSSR count). The number of nitrogens with zero attached hydrogens (tertiary/aromatic N) is 3. The topological polar surface area (TPSA) is 59.4 Å². The molecule has 2 fully saturated rings. The van der Waals surface area contributed by atoms with Gasteiger partial charge in [-0.2, -0.15) is 5.10 Å². The summed E-state index contributed by atoms with van der Waals surface area (Å²) >= 11 is -1.52. The number of benzene rings is 2. The molecular weight excluding hydrogens is 439 g/mol. The minimum atomic E-state index is -1.52. The summed E-state index contributed by atoms with van der Waals surface area (Å²) < 4.78 is 36.6. The van der Waals surface area contributed by atoms with Crippen molar-refractivity contribution < 1.29 is 12.8 Å². The van der Waals surface area contributed by atoms with E-state index < -0.39 is 16.9 Å². The third-order valence-electron chi connectivity index (χ3n) is 6.35. The van der Waals surface area contributed by atoms with Gasteiger partial charge in [-0.1, -0.05) is 12.8 Å². The number of hydrogen-bond acceptors (Lipinski definition) is 4. The van der Waals surface area contributed by atoms with Crippen molar-refractivity contribution in [1.29, 1.82) is 0 Å². The number of rotatable bonds is 7. The molecule has 176 valence electrons. The Morgan fingerprint density at radius 2 is 1.85 bits per heavy atom. The van der Waals surface area contributed by atoms with Gasteiger partial charge in [-0.3, -0.25) is 4.18 Å². The zero-order valence-electron chi connectivity index (χ0n) is 19.3. The quantitative estimate of drug-likeness (QED) is 0.534. The molecule has 1 N–H and O–H groups in total. The molecule has 2 unspecified atom stereocenters. The van der Waals surface area contributed by atoms with Gasteiger partial charge in [0.15, 0.2) is 0 Å². The maximum absolute atomic E-state index is 13.3. The summed E-state index contributed by atoms with van der Waals surface area (Å²) in [6, 6.07) is 13.1. The van der Waals surface area contributed by atoms with Gasteiger partial charge in [-0.05, 0) is 82.0 Å². The highest BCUT2D eigenvalue weighted by Crippen LogP contribution is 2.39. The van der Waals surface area contributed by atoms with E-state index in [0.29, 0.717) is 0 Å². The van der Waals surface area contributed by atoms with Crippen LogP contribution in [0.1, 0.15) is 46.5 Å². The molecule has 1 saturated carbocycles. The number of hydrogen-bond donors (Lipinski definition) is 1. The van der Waals surface area contributed by atoms with Gasteiger partial charge in [0.25, 0.3) is 0 Å². The summed E-state index contributed by atoms with van der Waals surface area (Å²) in [5.74, 6) is 0.493. The Kier molecular flexibility index (Phi) is 6.01. The van der Waals surface area contributed by atoms with Crippen molar-refractivity contribution in [3.8, 4) is 5.69 Å². The molecule has 2 aromatic carbocycles. The van der Waals surface area contributed by atoms with E-state index in [9.17, 15) is 8.60 Å². The lowest BCUT2D eigenvalue weighted by Gasteiger charge is -2.31. The molecule has 3 atom stereocenters. The van der Waals surface area contributed by atoms with Crippen molar-refractivity contribution in [2.45, 2.75) is 64.1 Å². The maximum Gasteiger partial charge on any atom is 0.235 e. The number of aromatic nitrogens is 2. The Morgan fingerprint density at radius 3 is 2.55 bits per heavy atom. The summed E-state index contributed by atoms with van der Waals surface area (Å²) in [6.07, 6.45) is 6.43. The molecule has 1 aliphatic carbocycles. The number of fused-ring (bicyclic) bond motifs is 1. The van der Waals surface area contributed by atoms with E-state index in [2.05, 4.69) is 32.9 Å². The molecule has 2 heterocycles. The fourth-order valence-corrected chi connectivity index (χ4v) is 5.68. The van der Waals surface area contributed by atoms with Gasteiger partial charge < -0.3 is 4.90 Å². The van der Waals surface area contributed by atoms with Crippen molar-refractivity contribution in [1.82, 2.24) is 14.5 Å². The highest BCUT2D eigenvalue weighted by Gasteiger charge is 2.39. The average molecular weight is 471 g/mol. The minimum Gasteiger partial charge on any atom is -0.367 e. The zero-order chi connectivity index (χ0) is 23.2. The van der Waals surface area contributed by atoms with Gasteiger partial charge in [0, 0.05) is 29.7 Å². The Hall–Kier alpha value is -2.29. The maximum atomic E-state index is 13.3. The minimum absolute atomic E-state index is 0.117. The Morgan fingerprint density at radius 1 is 1.12 bits per heavy atom. The predicted molar refractivity (Wildman–Crippen MR) is 130 cm³/mol. The highest BCUT2D eigenvalue weighted by atomic mass is 32.2. The molecule has 8 heteroatoms. The number of anilines is 1. The Balaban J connectivity index is 1.38. The fraction of sp³-hybridized carbons (Fsp3) is 0.480. The first-order valence-electron chi connectivity index (χ1n) is 11.6. The Bertz CT molecular complexity index is 1150. The van der Waals surface area contributed by atoms with Crippen molar-refractivity contribution in [2.75, 3.05) is 11.4 Å². The van der Waals surface area contributed by atoms with Crippen LogP contribution in [-0.4, -0.2) is 38.2 Å². The lowest BCUT2D eigenvalue weighted by Crippen LogP contribution is -2.45. The molecule has 3 aromatic rings. The molecule has 0 bridgehead atoms. The normalized spacial score (nSPS) is 22.2. The van der Waals surface area contributed by atoms with Crippen LogP contribution in [0.3, 0.4) is 0 Å². The molecule has 6 nitrogen and oxygen atoms in total. The van der Waals surface area contributed by atoms with E-state index in [-0.39, 0.29) is 17.9 Å². The second-order valence-electron chi connectivity index (χ2n) is 10.2. The lowest BCUT2D eigenvalue weighted by molar-refractivity contribution is 0.148. The van der Waals surface area contributed by atoms with Crippen LogP contribution in [0.25, 0.3) is 16.6 Å². The van der Waals surface area contributed by atoms with Crippen LogP contribution in [0.4, 0.5) is 10.1 Å². The molecule has 1 saturated heterocycles. The monoisotopic (exact) mass is 470 g/mol. The molecule has 1 aromatic heterocycles.